The largest absolute Gasteiger partial charge is 0.387 e. The standard InChI is InChI=1S/C20H18ClFN4O/c21-16-5-1-14(2-6-16)11-26-13-23-20(24-26)25-10-9-18(19(27)12-25)15-3-7-17(22)8-4-15/h1-9,13,19,27H,10-12H2. The minimum Gasteiger partial charge on any atom is -0.387 e. The highest BCUT2D eigenvalue weighted by molar-refractivity contribution is 6.30. The molecule has 5 nitrogen and oxygen atoms in total. The maximum absolute atomic E-state index is 13.1. The van der Waals surface area contributed by atoms with E-state index < -0.39 is 6.10 Å². The highest BCUT2D eigenvalue weighted by atomic mass is 35.5. The fourth-order valence-electron chi connectivity index (χ4n) is 3.12. The van der Waals surface area contributed by atoms with E-state index in [1.165, 1.54) is 12.1 Å². The topological polar surface area (TPSA) is 54.2 Å². The number of rotatable bonds is 4. The molecule has 3 aromatic rings. The van der Waals surface area contributed by atoms with Gasteiger partial charge >= 0.3 is 0 Å². The highest BCUT2D eigenvalue weighted by Gasteiger charge is 2.24. The lowest BCUT2D eigenvalue weighted by atomic mass is 9.97. The number of anilines is 1. The lowest BCUT2D eigenvalue weighted by molar-refractivity contribution is 0.233. The molecule has 0 radical (unpaired) electrons. The lowest BCUT2D eigenvalue weighted by Gasteiger charge is -2.29. The fourth-order valence-corrected chi connectivity index (χ4v) is 3.25. The summed E-state index contributed by atoms with van der Waals surface area (Å²) in [6, 6.07) is 13.7. The highest BCUT2D eigenvalue weighted by Crippen LogP contribution is 2.25. The second kappa shape index (κ2) is 7.50. The van der Waals surface area contributed by atoms with Crippen molar-refractivity contribution in [3.63, 3.8) is 0 Å². The van der Waals surface area contributed by atoms with E-state index in [1.807, 2.05) is 35.2 Å². The molecule has 1 unspecified atom stereocenters. The summed E-state index contributed by atoms with van der Waals surface area (Å²) < 4.78 is 14.9. The summed E-state index contributed by atoms with van der Waals surface area (Å²) in [5.74, 6) is 0.277. The van der Waals surface area contributed by atoms with Crippen LogP contribution in [0.15, 0.2) is 60.9 Å². The van der Waals surface area contributed by atoms with Gasteiger partial charge in [0.05, 0.1) is 19.2 Å². The molecule has 1 aliphatic heterocycles. The lowest BCUT2D eigenvalue weighted by Crippen LogP contribution is -2.38. The maximum Gasteiger partial charge on any atom is 0.245 e. The van der Waals surface area contributed by atoms with Crippen LogP contribution in [0.4, 0.5) is 10.3 Å². The SMILES string of the molecule is OC1CN(c2ncn(Cc3ccc(Cl)cc3)n2)CC=C1c1ccc(F)cc1. The van der Waals surface area contributed by atoms with Crippen molar-refractivity contribution in [2.75, 3.05) is 18.0 Å². The average Bonchev–Trinajstić information content (AvgIpc) is 3.13. The van der Waals surface area contributed by atoms with Crippen molar-refractivity contribution >= 4 is 23.1 Å². The zero-order valence-corrected chi connectivity index (χ0v) is 15.2. The van der Waals surface area contributed by atoms with Crippen LogP contribution in [0, 0.1) is 5.82 Å². The average molecular weight is 385 g/mol. The molecule has 1 N–H and O–H groups in total. The van der Waals surface area contributed by atoms with Crippen molar-refractivity contribution < 1.29 is 9.50 Å². The van der Waals surface area contributed by atoms with Gasteiger partial charge in [0.1, 0.15) is 12.1 Å². The van der Waals surface area contributed by atoms with Crippen LogP contribution >= 0.6 is 11.6 Å². The minimum absolute atomic E-state index is 0.290. The quantitative estimate of drug-likeness (QED) is 0.749. The van der Waals surface area contributed by atoms with Gasteiger partial charge < -0.3 is 10.0 Å². The Morgan fingerprint density at radius 1 is 1.11 bits per heavy atom. The monoisotopic (exact) mass is 384 g/mol. The second-order valence-corrected chi connectivity index (χ2v) is 6.89. The minimum atomic E-state index is -0.688. The van der Waals surface area contributed by atoms with E-state index in [4.69, 9.17) is 11.6 Å². The maximum atomic E-state index is 13.1. The third kappa shape index (κ3) is 4.02. The van der Waals surface area contributed by atoms with Gasteiger partial charge in [0.15, 0.2) is 0 Å². The Morgan fingerprint density at radius 3 is 2.56 bits per heavy atom. The fraction of sp³-hybridized carbons (Fsp3) is 0.200. The molecule has 0 saturated heterocycles. The third-order valence-corrected chi connectivity index (χ3v) is 4.78. The van der Waals surface area contributed by atoms with Gasteiger partial charge in [0.2, 0.25) is 5.95 Å². The molecule has 2 heterocycles. The van der Waals surface area contributed by atoms with Gasteiger partial charge in [0, 0.05) is 11.6 Å². The second-order valence-electron chi connectivity index (χ2n) is 6.46. The first-order valence-electron chi connectivity index (χ1n) is 8.61. The van der Waals surface area contributed by atoms with Crippen molar-refractivity contribution in [2.24, 2.45) is 0 Å². The van der Waals surface area contributed by atoms with Crippen LogP contribution in [0.1, 0.15) is 11.1 Å². The molecule has 0 fully saturated rings. The van der Waals surface area contributed by atoms with E-state index in [-0.39, 0.29) is 5.82 Å². The van der Waals surface area contributed by atoms with Crippen LogP contribution in [-0.2, 0) is 6.54 Å². The smallest absolute Gasteiger partial charge is 0.245 e. The van der Waals surface area contributed by atoms with Crippen LogP contribution in [0.25, 0.3) is 5.57 Å². The van der Waals surface area contributed by atoms with Gasteiger partial charge in [-0.3, -0.25) is 0 Å². The molecule has 0 saturated carbocycles. The van der Waals surface area contributed by atoms with Crippen molar-refractivity contribution in [2.45, 2.75) is 12.6 Å². The van der Waals surface area contributed by atoms with E-state index in [0.29, 0.717) is 30.6 Å². The van der Waals surface area contributed by atoms with Crippen LogP contribution in [0.3, 0.4) is 0 Å². The Kier molecular flexibility index (Phi) is 4.92. The number of aromatic nitrogens is 3. The summed E-state index contributed by atoms with van der Waals surface area (Å²) in [7, 11) is 0. The molecule has 138 valence electrons. The van der Waals surface area contributed by atoms with Crippen molar-refractivity contribution in [3.8, 4) is 0 Å². The van der Waals surface area contributed by atoms with Crippen molar-refractivity contribution in [1.82, 2.24) is 14.8 Å². The Morgan fingerprint density at radius 2 is 1.85 bits per heavy atom. The molecule has 1 aliphatic rings. The van der Waals surface area contributed by atoms with E-state index in [1.54, 1.807) is 23.1 Å². The number of aliphatic hydroxyl groups excluding tert-OH is 1. The molecule has 0 aliphatic carbocycles. The van der Waals surface area contributed by atoms with Gasteiger partial charge in [-0.25, -0.2) is 14.1 Å². The molecule has 0 bridgehead atoms. The number of benzene rings is 2. The summed E-state index contributed by atoms with van der Waals surface area (Å²) in [5, 5.41) is 15.7. The Balaban J connectivity index is 1.46. The molecular formula is C20H18ClFN4O. The Labute approximate surface area is 161 Å². The van der Waals surface area contributed by atoms with Crippen molar-refractivity contribution in [1.29, 1.82) is 0 Å². The van der Waals surface area contributed by atoms with E-state index in [0.717, 1.165) is 16.7 Å². The first-order chi connectivity index (χ1) is 13.1. The first kappa shape index (κ1) is 17.7. The molecule has 1 atom stereocenters. The first-order valence-corrected chi connectivity index (χ1v) is 8.99. The Bertz CT molecular complexity index is 953. The van der Waals surface area contributed by atoms with Gasteiger partial charge in [-0.1, -0.05) is 41.9 Å². The summed E-state index contributed by atoms with van der Waals surface area (Å²) >= 11 is 5.91. The molecule has 1 aromatic heterocycles. The van der Waals surface area contributed by atoms with E-state index >= 15 is 0 Å². The summed E-state index contributed by atoms with van der Waals surface area (Å²) in [4.78, 5) is 6.27. The normalized spacial score (nSPS) is 17.1. The predicted octanol–water partition coefficient (Wildman–Crippen LogP) is 3.38. The summed E-state index contributed by atoms with van der Waals surface area (Å²) in [6.45, 7) is 1.56. The molecular weight excluding hydrogens is 367 g/mol. The van der Waals surface area contributed by atoms with Crippen molar-refractivity contribution in [3.05, 3.63) is 82.9 Å². The zero-order chi connectivity index (χ0) is 18.8. The molecule has 4 rings (SSSR count). The number of aliphatic hydroxyl groups is 1. The molecule has 27 heavy (non-hydrogen) atoms. The van der Waals surface area contributed by atoms with Crippen LogP contribution in [-0.4, -0.2) is 39.1 Å². The number of hydrogen-bond acceptors (Lipinski definition) is 4. The molecule has 7 heteroatoms. The summed E-state index contributed by atoms with van der Waals surface area (Å²) in [6.07, 6.45) is 2.92. The molecule has 0 spiro atoms. The van der Waals surface area contributed by atoms with Gasteiger partial charge in [-0.15, -0.1) is 5.10 Å². The van der Waals surface area contributed by atoms with Gasteiger partial charge in [-0.05, 0) is 41.0 Å². The number of nitrogens with zero attached hydrogens (tertiary/aromatic N) is 4. The number of halogens is 2. The Hall–Kier alpha value is -2.70. The number of hydrogen-bond donors (Lipinski definition) is 1. The number of β-amino-alcohol motifs (C(OH)–C–C–N with tert-alkyl or cyclic N) is 1. The van der Waals surface area contributed by atoms with Crippen LogP contribution < -0.4 is 4.90 Å². The van der Waals surface area contributed by atoms with E-state index in [9.17, 15) is 9.50 Å². The third-order valence-electron chi connectivity index (χ3n) is 4.53. The zero-order valence-electron chi connectivity index (χ0n) is 14.5. The predicted molar refractivity (Wildman–Crippen MR) is 103 cm³/mol. The van der Waals surface area contributed by atoms with Crippen LogP contribution in [0.5, 0.6) is 0 Å². The molecule has 0 amide bonds. The van der Waals surface area contributed by atoms with Crippen LogP contribution in [0.2, 0.25) is 5.02 Å². The van der Waals surface area contributed by atoms with Gasteiger partial charge in [-0.2, -0.15) is 0 Å². The van der Waals surface area contributed by atoms with E-state index in [2.05, 4.69) is 10.1 Å². The van der Waals surface area contributed by atoms with Gasteiger partial charge in [0.25, 0.3) is 0 Å². The summed E-state index contributed by atoms with van der Waals surface area (Å²) in [5.41, 5.74) is 2.70. The molecule has 2 aromatic carbocycles.